The van der Waals surface area contributed by atoms with Crippen LogP contribution in [0.4, 0.5) is 0 Å². The summed E-state index contributed by atoms with van der Waals surface area (Å²) in [5.41, 5.74) is 4.26. The second-order valence-electron chi connectivity index (χ2n) is 6.23. The van der Waals surface area contributed by atoms with E-state index in [-0.39, 0.29) is 0 Å². The summed E-state index contributed by atoms with van der Waals surface area (Å²) in [6.07, 6.45) is 0. The number of nitrogens with one attached hydrogen (secondary N) is 1. The molecule has 3 nitrogen and oxygen atoms in total. The fourth-order valence-corrected chi connectivity index (χ4v) is 3.40. The fraction of sp³-hybridized carbons (Fsp3) is 0.625. The van der Waals surface area contributed by atoms with E-state index in [1.165, 1.54) is 36.3 Å². The normalized spacial score (nSPS) is 29.2. The lowest BCUT2D eigenvalue weighted by molar-refractivity contribution is 0.0537. The van der Waals surface area contributed by atoms with Crippen LogP contribution in [0.25, 0.3) is 0 Å². The van der Waals surface area contributed by atoms with Gasteiger partial charge < -0.3 is 10.2 Å². The number of likely N-dealkylation sites (N-methyl/N-ethyl adjacent to an activating group) is 1. The largest absolute Gasteiger partial charge is 0.307 e. The van der Waals surface area contributed by atoms with E-state index in [9.17, 15) is 0 Å². The van der Waals surface area contributed by atoms with Crippen molar-refractivity contribution in [3.8, 4) is 0 Å². The van der Waals surface area contributed by atoms with E-state index < -0.39 is 0 Å². The average Bonchev–Trinajstić information content (AvgIpc) is 2.41. The van der Waals surface area contributed by atoms with Gasteiger partial charge in [-0.25, -0.2) is 0 Å². The molecule has 0 aliphatic carbocycles. The van der Waals surface area contributed by atoms with Crippen LogP contribution in [-0.2, 0) is 0 Å². The Morgan fingerprint density at radius 2 is 2.00 bits per heavy atom. The van der Waals surface area contributed by atoms with E-state index in [4.69, 9.17) is 0 Å². The van der Waals surface area contributed by atoms with Crippen molar-refractivity contribution in [3.05, 3.63) is 34.9 Å². The first-order valence-corrected chi connectivity index (χ1v) is 7.36. The highest BCUT2D eigenvalue weighted by atomic mass is 15.3. The molecule has 1 N–H and O–H groups in total. The highest BCUT2D eigenvalue weighted by Crippen LogP contribution is 2.25. The van der Waals surface area contributed by atoms with Crippen molar-refractivity contribution < 1.29 is 0 Å². The standard InChI is InChI=1S/C16H25N3/c1-12-4-5-13(2)15(8-12)16-11-19-7-6-18(3)10-14(19)9-17-16/h4-5,8,14,16-17H,6-7,9-11H2,1-3H3. The molecule has 19 heavy (non-hydrogen) atoms. The van der Waals surface area contributed by atoms with E-state index in [0.717, 1.165) is 13.1 Å². The first kappa shape index (κ1) is 13.1. The molecule has 0 spiro atoms. The van der Waals surface area contributed by atoms with Crippen LogP contribution >= 0.6 is 0 Å². The average molecular weight is 259 g/mol. The molecule has 2 aliphatic rings. The molecule has 2 heterocycles. The Labute approximate surface area is 116 Å². The predicted molar refractivity (Wildman–Crippen MR) is 79.5 cm³/mol. The predicted octanol–water partition coefficient (Wildman–Crippen LogP) is 1.56. The van der Waals surface area contributed by atoms with Gasteiger partial charge in [-0.1, -0.05) is 23.8 Å². The zero-order valence-electron chi connectivity index (χ0n) is 12.3. The molecule has 2 saturated heterocycles. The van der Waals surface area contributed by atoms with Crippen LogP contribution in [0.5, 0.6) is 0 Å². The summed E-state index contributed by atoms with van der Waals surface area (Å²) in [4.78, 5) is 5.12. The lowest BCUT2D eigenvalue weighted by atomic mass is 9.95. The van der Waals surface area contributed by atoms with Gasteiger partial charge in [-0.15, -0.1) is 0 Å². The number of nitrogens with zero attached hydrogens (tertiary/aromatic N) is 2. The van der Waals surface area contributed by atoms with Gasteiger partial charge in [0.15, 0.2) is 0 Å². The molecule has 0 bridgehead atoms. The highest BCUT2D eigenvalue weighted by Gasteiger charge is 2.32. The van der Waals surface area contributed by atoms with E-state index >= 15 is 0 Å². The van der Waals surface area contributed by atoms with Crippen LogP contribution < -0.4 is 5.32 Å². The van der Waals surface area contributed by atoms with Crippen LogP contribution in [0, 0.1) is 13.8 Å². The van der Waals surface area contributed by atoms with Gasteiger partial charge in [-0.2, -0.15) is 0 Å². The molecule has 2 aliphatic heterocycles. The van der Waals surface area contributed by atoms with Crippen LogP contribution in [0.1, 0.15) is 22.7 Å². The second kappa shape index (κ2) is 5.23. The van der Waals surface area contributed by atoms with Gasteiger partial charge in [0.05, 0.1) is 0 Å². The third-order valence-corrected chi connectivity index (χ3v) is 4.63. The number of rotatable bonds is 1. The van der Waals surface area contributed by atoms with Crippen LogP contribution in [0.15, 0.2) is 18.2 Å². The molecule has 1 aromatic carbocycles. The maximum Gasteiger partial charge on any atom is 0.0452 e. The lowest BCUT2D eigenvalue weighted by Gasteiger charge is -2.46. The van der Waals surface area contributed by atoms with E-state index in [2.05, 4.69) is 54.2 Å². The Bertz CT molecular complexity index is 457. The third-order valence-electron chi connectivity index (χ3n) is 4.63. The quantitative estimate of drug-likeness (QED) is 0.826. The Balaban J connectivity index is 1.76. The minimum Gasteiger partial charge on any atom is -0.307 e. The van der Waals surface area contributed by atoms with E-state index in [1.807, 2.05) is 0 Å². The van der Waals surface area contributed by atoms with Crippen molar-refractivity contribution in [2.24, 2.45) is 0 Å². The van der Waals surface area contributed by atoms with Gasteiger partial charge in [0.1, 0.15) is 0 Å². The first-order valence-electron chi connectivity index (χ1n) is 7.36. The monoisotopic (exact) mass is 259 g/mol. The smallest absolute Gasteiger partial charge is 0.0452 e. The number of hydrogen-bond donors (Lipinski definition) is 1. The lowest BCUT2D eigenvalue weighted by Crippen LogP contribution is -2.61. The van der Waals surface area contributed by atoms with Crippen molar-refractivity contribution in [1.82, 2.24) is 15.1 Å². The summed E-state index contributed by atoms with van der Waals surface area (Å²) >= 11 is 0. The minimum absolute atomic E-state index is 0.500. The summed E-state index contributed by atoms with van der Waals surface area (Å²) < 4.78 is 0. The molecule has 104 valence electrons. The summed E-state index contributed by atoms with van der Waals surface area (Å²) in [5.74, 6) is 0. The molecule has 3 rings (SSSR count). The molecule has 2 fully saturated rings. The molecule has 2 atom stereocenters. The summed E-state index contributed by atoms with van der Waals surface area (Å²) in [7, 11) is 2.23. The van der Waals surface area contributed by atoms with E-state index in [1.54, 1.807) is 0 Å². The Morgan fingerprint density at radius 3 is 2.84 bits per heavy atom. The van der Waals surface area contributed by atoms with Gasteiger partial charge in [-0.05, 0) is 32.0 Å². The van der Waals surface area contributed by atoms with Crippen molar-refractivity contribution in [3.63, 3.8) is 0 Å². The Morgan fingerprint density at radius 1 is 1.16 bits per heavy atom. The molecule has 0 aromatic heterocycles. The van der Waals surface area contributed by atoms with Gasteiger partial charge >= 0.3 is 0 Å². The maximum atomic E-state index is 3.75. The number of aryl methyl sites for hydroxylation is 2. The minimum atomic E-state index is 0.500. The van der Waals surface area contributed by atoms with E-state index in [0.29, 0.717) is 12.1 Å². The molecule has 2 unspecified atom stereocenters. The molecule has 0 radical (unpaired) electrons. The molecule has 3 heteroatoms. The van der Waals surface area contributed by atoms with Crippen molar-refractivity contribution >= 4 is 0 Å². The van der Waals surface area contributed by atoms with Gasteiger partial charge in [-0.3, -0.25) is 4.90 Å². The second-order valence-corrected chi connectivity index (χ2v) is 6.23. The van der Waals surface area contributed by atoms with Crippen molar-refractivity contribution in [1.29, 1.82) is 0 Å². The molecular formula is C16H25N3. The van der Waals surface area contributed by atoms with Crippen LogP contribution in [-0.4, -0.2) is 55.6 Å². The van der Waals surface area contributed by atoms with Crippen molar-refractivity contribution in [2.75, 3.05) is 39.8 Å². The Hall–Kier alpha value is -0.900. The maximum absolute atomic E-state index is 3.75. The Kier molecular flexibility index (Phi) is 3.61. The van der Waals surface area contributed by atoms with Gasteiger partial charge in [0.25, 0.3) is 0 Å². The number of hydrogen-bond acceptors (Lipinski definition) is 3. The van der Waals surface area contributed by atoms with Crippen LogP contribution in [0.3, 0.4) is 0 Å². The molecule has 1 aromatic rings. The topological polar surface area (TPSA) is 18.5 Å². The number of fused-ring (bicyclic) bond motifs is 1. The molecule has 0 amide bonds. The fourth-order valence-electron chi connectivity index (χ4n) is 3.40. The molecular weight excluding hydrogens is 234 g/mol. The zero-order chi connectivity index (χ0) is 13.4. The zero-order valence-corrected chi connectivity index (χ0v) is 12.3. The number of piperazine rings is 2. The summed E-state index contributed by atoms with van der Waals surface area (Å²) in [6.45, 7) is 10.3. The SMILES string of the molecule is Cc1ccc(C)c(C2CN3CCN(C)CC3CN2)c1. The summed E-state index contributed by atoms with van der Waals surface area (Å²) in [6, 6.07) is 8.01. The molecule has 0 saturated carbocycles. The highest BCUT2D eigenvalue weighted by molar-refractivity contribution is 5.33. The third kappa shape index (κ3) is 2.69. The van der Waals surface area contributed by atoms with Crippen LogP contribution in [0.2, 0.25) is 0 Å². The van der Waals surface area contributed by atoms with Gasteiger partial charge in [0, 0.05) is 44.8 Å². The first-order chi connectivity index (χ1) is 9.13. The van der Waals surface area contributed by atoms with Crippen molar-refractivity contribution in [2.45, 2.75) is 25.9 Å². The summed E-state index contributed by atoms with van der Waals surface area (Å²) in [5, 5.41) is 3.75. The number of benzene rings is 1. The van der Waals surface area contributed by atoms with Gasteiger partial charge in [0.2, 0.25) is 0 Å².